The van der Waals surface area contributed by atoms with Gasteiger partial charge in [-0.05, 0) is 6.07 Å². The van der Waals surface area contributed by atoms with E-state index in [-0.39, 0.29) is 11.4 Å². The number of nitrogens with one attached hydrogen (secondary N) is 1. The lowest BCUT2D eigenvalue weighted by Gasteiger charge is -2.04. The van der Waals surface area contributed by atoms with E-state index >= 15 is 0 Å². The van der Waals surface area contributed by atoms with Gasteiger partial charge in [0.25, 0.3) is 5.69 Å². The molecular weight excluding hydrogens is 224 g/mol. The molecule has 0 saturated carbocycles. The maximum absolute atomic E-state index is 10.9. The third-order valence-electron chi connectivity index (χ3n) is 2.28. The Labute approximate surface area is 96.4 Å². The van der Waals surface area contributed by atoms with Crippen molar-refractivity contribution in [2.24, 2.45) is 7.05 Å². The molecule has 0 aliphatic carbocycles. The second-order valence-electron chi connectivity index (χ2n) is 3.31. The fraction of sp³-hybridized carbons (Fsp3) is 0.222. The second kappa shape index (κ2) is 4.16. The molecule has 0 aliphatic heterocycles. The number of nitrogens with zero attached hydrogens (tertiary/aromatic N) is 5. The topological polar surface area (TPSA) is 98.8 Å². The predicted octanol–water partition coefficient (Wildman–Crippen LogP) is 0.827. The average Bonchev–Trinajstić information content (AvgIpc) is 2.74. The highest BCUT2D eigenvalue weighted by Crippen LogP contribution is 2.28. The van der Waals surface area contributed by atoms with Gasteiger partial charge in [-0.25, -0.2) is 9.67 Å². The van der Waals surface area contributed by atoms with Crippen LogP contribution in [0.4, 0.5) is 11.5 Å². The normalized spacial score (nSPS) is 10.2. The molecule has 0 aliphatic rings. The lowest BCUT2D eigenvalue weighted by molar-refractivity contribution is -0.384. The van der Waals surface area contributed by atoms with E-state index in [2.05, 4.69) is 20.6 Å². The van der Waals surface area contributed by atoms with Crippen molar-refractivity contribution in [3.05, 3.63) is 28.4 Å². The molecule has 8 heteroatoms. The Bertz CT molecular complexity index is 564. The minimum Gasteiger partial charge on any atom is -0.373 e. The molecule has 2 aromatic heterocycles. The van der Waals surface area contributed by atoms with E-state index in [4.69, 9.17) is 0 Å². The van der Waals surface area contributed by atoms with Gasteiger partial charge in [-0.15, -0.1) is 5.10 Å². The fourth-order valence-electron chi connectivity index (χ4n) is 1.43. The van der Waals surface area contributed by atoms with Crippen LogP contribution >= 0.6 is 0 Å². The average molecular weight is 234 g/mol. The first kappa shape index (κ1) is 11.0. The summed E-state index contributed by atoms with van der Waals surface area (Å²) in [7, 11) is 3.35. The SMILES string of the molecule is CNc1ccc([N+](=O)[O-])c(-c2cnnn2C)n1. The van der Waals surface area contributed by atoms with Crippen molar-refractivity contribution < 1.29 is 4.92 Å². The molecule has 0 atom stereocenters. The molecule has 8 nitrogen and oxygen atoms in total. The molecule has 88 valence electrons. The number of pyridine rings is 1. The van der Waals surface area contributed by atoms with Crippen molar-refractivity contribution in [3.63, 3.8) is 0 Å². The van der Waals surface area contributed by atoms with Crippen LogP contribution in [0, 0.1) is 10.1 Å². The molecule has 2 rings (SSSR count). The molecule has 0 aromatic carbocycles. The molecule has 1 N–H and O–H groups in total. The first-order chi connectivity index (χ1) is 8.13. The molecule has 0 spiro atoms. The van der Waals surface area contributed by atoms with Gasteiger partial charge in [0.15, 0.2) is 5.69 Å². The third-order valence-corrected chi connectivity index (χ3v) is 2.28. The monoisotopic (exact) mass is 234 g/mol. The first-order valence-corrected chi connectivity index (χ1v) is 4.81. The molecule has 17 heavy (non-hydrogen) atoms. The Balaban J connectivity index is 2.65. The lowest BCUT2D eigenvalue weighted by Crippen LogP contribution is -2.02. The van der Waals surface area contributed by atoms with Crippen molar-refractivity contribution in [2.45, 2.75) is 0 Å². The van der Waals surface area contributed by atoms with Gasteiger partial charge >= 0.3 is 0 Å². The largest absolute Gasteiger partial charge is 0.373 e. The number of nitro groups is 1. The Morgan fingerprint density at radius 2 is 2.24 bits per heavy atom. The summed E-state index contributed by atoms with van der Waals surface area (Å²) >= 11 is 0. The van der Waals surface area contributed by atoms with Gasteiger partial charge in [0.1, 0.15) is 11.5 Å². The summed E-state index contributed by atoms with van der Waals surface area (Å²) in [5, 5.41) is 21.2. The quantitative estimate of drug-likeness (QED) is 0.623. The summed E-state index contributed by atoms with van der Waals surface area (Å²) in [4.78, 5) is 14.6. The van der Waals surface area contributed by atoms with Crippen LogP contribution in [0.25, 0.3) is 11.4 Å². The van der Waals surface area contributed by atoms with Crippen molar-refractivity contribution in [1.82, 2.24) is 20.0 Å². The van der Waals surface area contributed by atoms with Gasteiger partial charge in [0, 0.05) is 20.2 Å². The number of rotatable bonds is 3. The second-order valence-corrected chi connectivity index (χ2v) is 3.31. The number of aromatic nitrogens is 4. The molecule has 2 aromatic rings. The molecule has 0 amide bonds. The smallest absolute Gasteiger partial charge is 0.297 e. The van der Waals surface area contributed by atoms with E-state index in [1.54, 1.807) is 20.2 Å². The number of anilines is 1. The van der Waals surface area contributed by atoms with E-state index in [9.17, 15) is 10.1 Å². The maximum Gasteiger partial charge on any atom is 0.297 e. The zero-order valence-corrected chi connectivity index (χ0v) is 9.28. The highest BCUT2D eigenvalue weighted by atomic mass is 16.6. The number of hydrogen-bond donors (Lipinski definition) is 1. The zero-order chi connectivity index (χ0) is 12.4. The molecule has 2 heterocycles. The van der Waals surface area contributed by atoms with Crippen LogP contribution in [0.15, 0.2) is 18.3 Å². The lowest BCUT2D eigenvalue weighted by atomic mass is 10.2. The van der Waals surface area contributed by atoms with Gasteiger partial charge in [0.05, 0.1) is 11.1 Å². The van der Waals surface area contributed by atoms with E-state index in [1.807, 2.05) is 0 Å². The molecule has 0 fully saturated rings. The molecule has 0 radical (unpaired) electrons. The standard InChI is InChI=1S/C9H10N6O2/c1-10-8-4-3-6(15(16)17)9(12-8)7-5-11-13-14(7)2/h3-5H,1-2H3,(H,10,12). The van der Waals surface area contributed by atoms with E-state index in [1.165, 1.54) is 16.9 Å². The Kier molecular flexibility index (Phi) is 2.69. The number of aryl methyl sites for hydroxylation is 1. The molecular formula is C9H10N6O2. The fourth-order valence-corrected chi connectivity index (χ4v) is 1.43. The summed E-state index contributed by atoms with van der Waals surface area (Å²) in [5.74, 6) is 0.548. The summed E-state index contributed by atoms with van der Waals surface area (Å²) in [6.45, 7) is 0. The molecule has 0 saturated heterocycles. The Morgan fingerprint density at radius 1 is 1.47 bits per heavy atom. The van der Waals surface area contributed by atoms with Crippen molar-refractivity contribution in [2.75, 3.05) is 12.4 Å². The van der Waals surface area contributed by atoms with Gasteiger partial charge in [-0.3, -0.25) is 10.1 Å². The Hall–Kier alpha value is -2.51. The van der Waals surface area contributed by atoms with Crippen LogP contribution in [0.1, 0.15) is 0 Å². The minimum atomic E-state index is -0.477. The van der Waals surface area contributed by atoms with Crippen LogP contribution in [-0.4, -0.2) is 31.9 Å². The molecule has 0 bridgehead atoms. The van der Waals surface area contributed by atoms with E-state index in [0.717, 1.165) is 0 Å². The summed E-state index contributed by atoms with van der Waals surface area (Å²) in [6, 6.07) is 2.95. The van der Waals surface area contributed by atoms with Crippen LogP contribution in [-0.2, 0) is 7.05 Å². The minimum absolute atomic E-state index is 0.0746. The first-order valence-electron chi connectivity index (χ1n) is 4.81. The third kappa shape index (κ3) is 1.92. The van der Waals surface area contributed by atoms with Crippen molar-refractivity contribution in [3.8, 4) is 11.4 Å². The van der Waals surface area contributed by atoms with Gasteiger partial charge in [-0.2, -0.15) is 0 Å². The predicted molar refractivity (Wildman–Crippen MR) is 60.4 cm³/mol. The van der Waals surface area contributed by atoms with Crippen molar-refractivity contribution in [1.29, 1.82) is 0 Å². The maximum atomic E-state index is 10.9. The Morgan fingerprint density at radius 3 is 2.76 bits per heavy atom. The van der Waals surface area contributed by atoms with Crippen LogP contribution in [0.5, 0.6) is 0 Å². The van der Waals surface area contributed by atoms with Crippen molar-refractivity contribution >= 4 is 11.5 Å². The highest BCUT2D eigenvalue weighted by Gasteiger charge is 2.20. The van der Waals surface area contributed by atoms with Gasteiger partial charge in [-0.1, -0.05) is 5.21 Å². The van der Waals surface area contributed by atoms with Gasteiger partial charge in [0.2, 0.25) is 0 Å². The van der Waals surface area contributed by atoms with Gasteiger partial charge < -0.3 is 5.32 Å². The summed E-state index contributed by atoms with van der Waals surface area (Å²) in [6.07, 6.45) is 1.44. The van der Waals surface area contributed by atoms with E-state index in [0.29, 0.717) is 11.5 Å². The van der Waals surface area contributed by atoms with Crippen LogP contribution < -0.4 is 5.32 Å². The zero-order valence-electron chi connectivity index (χ0n) is 9.28. The summed E-state index contributed by atoms with van der Waals surface area (Å²) < 4.78 is 1.44. The molecule has 0 unspecified atom stereocenters. The summed E-state index contributed by atoms with van der Waals surface area (Å²) in [5.41, 5.74) is 0.664. The van der Waals surface area contributed by atoms with Crippen LogP contribution in [0.2, 0.25) is 0 Å². The van der Waals surface area contributed by atoms with E-state index < -0.39 is 4.92 Å². The number of hydrogen-bond acceptors (Lipinski definition) is 6. The van der Waals surface area contributed by atoms with Crippen LogP contribution in [0.3, 0.4) is 0 Å². The highest BCUT2D eigenvalue weighted by molar-refractivity contribution is 5.68.